The lowest BCUT2D eigenvalue weighted by Crippen LogP contribution is -2.47. The molecule has 0 rings (SSSR count). The highest BCUT2D eigenvalue weighted by Crippen LogP contribution is 2.13. The molecule has 15 heavy (non-hydrogen) atoms. The van der Waals surface area contributed by atoms with Gasteiger partial charge in [-0.15, -0.1) is 0 Å². The van der Waals surface area contributed by atoms with Crippen molar-refractivity contribution in [2.24, 2.45) is 11.7 Å². The number of nitrogens with two attached hydrogens (primary N) is 1. The topological polar surface area (TPSA) is 38.5 Å². The maximum Gasteiger partial charge on any atom is 0.0615 e. The van der Waals surface area contributed by atoms with E-state index in [1.165, 1.54) is 6.42 Å². The minimum Gasteiger partial charge on any atom is -0.383 e. The van der Waals surface area contributed by atoms with Crippen molar-refractivity contribution in [3.63, 3.8) is 0 Å². The number of rotatable bonds is 8. The number of hydrogen-bond donors (Lipinski definition) is 1. The molecule has 0 amide bonds. The smallest absolute Gasteiger partial charge is 0.0615 e. The minimum atomic E-state index is 0.451. The number of nitrogens with zero attached hydrogens (tertiary/aromatic N) is 1. The molecule has 3 heteroatoms. The Kier molecular flexibility index (Phi) is 8.02. The summed E-state index contributed by atoms with van der Waals surface area (Å²) in [7, 11) is 1.75. The summed E-state index contributed by atoms with van der Waals surface area (Å²) in [6.07, 6.45) is 1.17. The van der Waals surface area contributed by atoms with Crippen LogP contribution in [0, 0.1) is 5.92 Å². The van der Waals surface area contributed by atoms with E-state index in [-0.39, 0.29) is 0 Å². The molecule has 0 bridgehead atoms. The van der Waals surface area contributed by atoms with Gasteiger partial charge in [0.25, 0.3) is 0 Å². The predicted molar refractivity (Wildman–Crippen MR) is 66.0 cm³/mol. The van der Waals surface area contributed by atoms with E-state index < -0.39 is 0 Å². The van der Waals surface area contributed by atoms with E-state index in [1.807, 2.05) is 0 Å². The number of hydrogen-bond acceptors (Lipinski definition) is 3. The van der Waals surface area contributed by atoms with E-state index in [1.54, 1.807) is 7.11 Å². The van der Waals surface area contributed by atoms with E-state index in [0.717, 1.165) is 19.7 Å². The van der Waals surface area contributed by atoms with Crippen molar-refractivity contribution in [3.8, 4) is 0 Å². The molecule has 3 nitrogen and oxygen atoms in total. The summed E-state index contributed by atoms with van der Waals surface area (Å²) in [6.45, 7) is 11.4. The summed E-state index contributed by atoms with van der Waals surface area (Å²) < 4.78 is 5.20. The summed E-state index contributed by atoms with van der Waals surface area (Å²) in [6, 6.07) is 0.937. The number of methoxy groups -OCH3 is 1. The first-order valence-corrected chi connectivity index (χ1v) is 6.01. The second kappa shape index (κ2) is 8.08. The highest BCUT2D eigenvalue weighted by Gasteiger charge is 2.21. The van der Waals surface area contributed by atoms with Gasteiger partial charge in [-0.3, -0.25) is 4.90 Å². The summed E-state index contributed by atoms with van der Waals surface area (Å²) >= 11 is 0. The highest BCUT2D eigenvalue weighted by molar-refractivity contribution is 4.77. The van der Waals surface area contributed by atoms with Crippen molar-refractivity contribution in [1.29, 1.82) is 0 Å². The Morgan fingerprint density at radius 2 is 1.87 bits per heavy atom. The molecule has 2 atom stereocenters. The Morgan fingerprint density at radius 1 is 1.27 bits per heavy atom. The van der Waals surface area contributed by atoms with Crippen molar-refractivity contribution in [3.05, 3.63) is 0 Å². The normalized spacial score (nSPS) is 16.0. The van der Waals surface area contributed by atoms with Crippen molar-refractivity contribution in [2.75, 3.05) is 26.8 Å². The van der Waals surface area contributed by atoms with Gasteiger partial charge in [0.2, 0.25) is 0 Å². The number of ether oxygens (including phenoxy) is 1. The molecule has 0 aliphatic carbocycles. The molecule has 2 N–H and O–H groups in total. The SMILES string of the molecule is CCN(C(C)COC)C(CN)CC(C)C. The maximum absolute atomic E-state index is 5.85. The van der Waals surface area contributed by atoms with E-state index in [9.17, 15) is 0 Å². The van der Waals surface area contributed by atoms with Gasteiger partial charge in [-0.2, -0.15) is 0 Å². The van der Waals surface area contributed by atoms with Crippen LogP contribution in [0.4, 0.5) is 0 Å². The number of likely N-dealkylation sites (N-methyl/N-ethyl adjacent to an activating group) is 1. The molecule has 0 saturated carbocycles. The van der Waals surface area contributed by atoms with Crippen LogP contribution in [-0.2, 0) is 4.74 Å². The third-order valence-electron chi connectivity index (χ3n) is 2.82. The van der Waals surface area contributed by atoms with Crippen LogP contribution in [0.3, 0.4) is 0 Å². The van der Waals surface area contributed by atoms with Crippen LogP contribution in [0.5, 0.6) is 0 Å². The second-order valence-corrected chi connectivity index (χ2v) is 4.65. The first kappa shape index (κ1) is 14.9. The van der Waals surface area contributed by atoms with Crippen LogP contribution >= 0.6 is 0 Å². The van der Waals surface area contributed by atoms with Gasteiger partial charge >= 0.3 is 0 Å². The van der Waals surface area contributed by atoms with Gasteiger partial charge in [0.05, 0.1) is 6.61 Å². The minimum absolute atomic E-state index is 0.451. The molecule has 0 saturated heterocycles. The molecule has 0 aliphatic rings. The third-order valence-corrected chi connectivity index (χ3v) is 2.82. The Labute approximate surface area is 95.0 Å². The van der Waals surface area contributed by atoms with Crippen LogP contribution in [0.2, 0.25) is 0 Å². The third kappa shape index (κ3) is 5.50. The molecule has 92 valence electrons. The first-order valence-electron chi connectivity index (χ1n) is 6.01. The highest BCUT2D eigenvalue weighted by atomic mass is 16.5. The van der Waals surface area contributed by atoms with Gasteiger partial charge in [0, 0.05) is 25.7 Å². The van der Waals surface area contributed by atoms with Crippen LogP contribution in [0.25, 0.3) is 0 Å². The van der Waals surface area contributed by atoms with Crippen molar-refractivity contribution < 1.29 is 4.74 Å². The maximum atomic E-state index is 5.85. The second-order valence-electron chi connectivity index (χ2n) is 4.65. The largest absolute Gasteiger partial charge is 0.383 e. The predicted octanol–water partition coefficient (Wildman–Crippen LogP) is 1.72. The van der Waals surface area contributed by atoms with Gasteiger partial charge in [-0.25, -0.2) is 0 Å². The van der Waals surface area contributed by atoms with E-state index >= 15 is 0 Å². The lowest BCUT2D eigenvalue weighted by Gasteiger charge is -2.35. The van der Waals surface area contributed by atoms with E-state index in [2.05, 4.69) is 32.6 Å². The molecular formula is C12H28N2O. The molecule has 2 unspecified atom stereocenters. The van der Waals surface area contributed by atoms with Gasteiger partial charge < -0.3 is 10.5 Å². The Hall–Kier alpha value is -0.120. The first-order chi connectivity index (χ1) is 7.06. The molecule has 0 radical (unpaired) electrons. The zero-order chi connectivity index (χ0) is 11.8. The quantitative estimate of drug-likeness (QED) is 0.671. The zero-order valence-corrected chi connectivity index (χ0v) is 11.0. The summed E-state index contributed by atoms with van der Waals surface area (Å²) in [5.74, 6) is 0.697. The fourth-order valence-corrected chi connectivity index (χ4v) is 2.18. The van der Waals surface area contributed by atoms with E-state index in [0.29, 0.717) is 18.0 Å². The molecule has 0 heterocycles. The Bertz CT molecular complexity index is 151. The summed E-state index contributed by atoms with van der Waals surface area (Å²) in [5, 5.41) is 0. The van der Waals surface area contributed by atoms with Gasteiger partial charge in [-0.1, -0.05) is 20.8 Å². The fourth-order valence-electron chi connectivity index (χ4n) is 2.18. The van der Waals surface area contributed by atoms with Crippen molar-refractivity contribution >= 4 is 0 Å². The lowest BCUT2D eigenvalue weighted by atomic mass is 10.0. The molecule has 0 fully saturated rings. The van der Waals surface area contributed by atoms with Crippen LogP contribution in [0.15, 0.2) is 0 Å². The Morgan fingerprint density at radius 3 is 2.20 bits per heavy atom. The summed E-state index contributed by atoms with van der Waals surface area (Å²) in [4.78, 5) is 2.45. The molecule has 0 aromatic heterocycles. The van der Waals surface area contributed by atoms with Crippen molar-refractivity contribution in [1.82, 2.24) is 4.90 Å². The van der Waals surface area contributed by atoms with E-state index in [4.69, 9.17) is 10.5 Å². The zero-order valence-electron chi connectivity index (χ0n) is 11.0. The van der Waals surface area contributed by atoms with Crippen LogP contribution in [0.1, 0.15) is 34.1 Å². The van der Waals surface area contributed by atoms with Gasteiger partial charge in [0.15, 0.2) is 0 Å². The Balaban J connectivity index is 4.31. The van der Waals surface area contributed by atoms with Crippen LogP contribution < -0.4 is 5.73 Å². The molecule has 0 spiro atoms. The standard InChI is InChI=1S/C12H28N2O/c1-6-14(11(4)9-15-5)12(8-13)7-10(2)3/h10-12H,6-9,13H2,1-5H3. The fraction of sp³-hybridized carbons (Fsp3) is 1.00. The molecule has 0 aromatic rings. The summed E-state index contributed by atoms with van der Waals surface area (Å²) in [5.41, 5.74) is 5.85. The van der Waals surface area contributed by atoms with Crippen molar-refractivity contribution in [2.45, 2.75) is 46.2 Å². The molecule has 0 aromatic carbocycles. The van der Waals surface area contributed by atoms with Gasteiger partial charge in [-0.05, 0) is 25.8 Å². The monoisotopic (exact) mass is 216 g/mol. The average molecular weight is 216 g/mol. The molecule has 0 aliphatic heterocycles. The van der Waals surface area contributed by atoms with Gasteiger partial charge in [0.1, 0.15) is 0 Å². The lowest BCUT2D eigenvalue weighted by molar-refractivity contribution is 0.0683. The average Bonchev–Trinajstić information content (AvgIpc) is 2.17. The molecular weight excluding hydrogens is 188 g/mol. The van der Waals surface area contributed by atoms with Crippen LogP contribution in [-0.4, -0.2) is 43.8 Å².